The summed E-state index contributed by atoms with van der Waals surface area (Å²) in [5.74, 6) is -0.899. The van der Waals surface area contributed by atoms with E-state index in [0.29, 0.717) is 19.3 Å². The van der Waals surface area contributed by atoms with Crippen LogP contribution in [0.4, 0.5) is 0 Å². The van der Waals surface area contributed by atoms with E-state index in [9.17, 15) is 14.4 Å². The lowest BCUT2D eigenvalue weighted by molar-refractivity contribution is -0.167. The fraction of sp³-hybridized carbons (Fsp3) is 0.875. The van der Waals surface area contributed by atoms with Crippen LogP contribution in [0, 0.1) is 0 Å². The number of esters is 3. The molecule has 46 heavy (non-hydrogen) atoms. The third-order valence-electron chi connectivity index (χ3n) is 8.52. The first-order valence-electron chi connectivity index (χ1n) is 19.7. The second-order valence-corrected chi connectivity index (χ2v) is 13.2. The normalized spacial score (nSPS) is 12.0. The Kier molecular flexibility index (Phi) is 34.5. The molecule has 0 rings (SSSR count). The van der Waals surface area contributed by atoms with Gasteiger partial charge in [0.1, 0.15) is 13.2 Å². The van der Waals surface area contributed by atoms with Crippen LogP contribution in [0.5, 0.6) is 0 Å². The van der Waals surface area contributed by atoms with Crippen molar-refractivity contribution < 1.29 is 28.6 Å². The molecule has 0 spiro atoms. The third kappa shape index (κ3) is 33.5. The smallest absolute Gasteiger partial charge is 0.306 e. The highest BCUT2D eigenvalue weighted by molar-refractivity contribution is 5.71. The lowest BCUT2D eigenvalue weighted by atomic mass is 10.1. The summed E-state index contributed by atoms with van der Waals surface area (Å²) >= 11 is 0. The summed E-state index contributed by atoms with van der Waals surface area (Å²) in [7, 11) is 0. The van der Waals surface area contributed by atoms with Gasteiger partial charge in [-0.15, -0.1) is 0 Å². The van der Waals surface area contributed by atoms with Crippen LogP contribution in [0.2, 0.25) is 0 Å². The standard InChI is InChI=1S/C40H74O6/c1-4-7-10-13-15-17-18-19-20-21-22-23-25-27-30-33-39(42)45-36-37(35-44-38(41)32-29-26-12-9-6-3)46-40(43)34-31-28-24-16-14-11-8-5-2/h19-20,37H,4-18,21-36H2,1-3H3/b20-19-. The molecule has 0 aromatic carbocycles. The topological polar surface area (TPSA) is 78.9 Å². The van der Waals surface area contributed by atoms with Gasteiger partial charge in [0.15, 0.2) is 6.10 Å². The van der Waals surface area contributed by atoms with Crippen molar-refractivity contribution in [3.8, 4) is 0 Å². The monoisotopic (exact) mass is 651 g/mol. The molecular weight excluding hydrogens is 576 g/mol. The zero-order valence-electron chi connectivity index (χ0n) is 30.6. The van der Waals surface area contributed by atoms with Crippen LogP contribution in [0.25, 0.3) is 0 Å². The molecule has 0 saturated carbocycles. The fourth-order valence-electron chi connectivity index (χ4n) is 5.49. The minimum absolute atomic E-state index is 0.0718. The Morgan fingerprint density at radius 3 is 1.09 bits per heavy atom. The van der Waals surface area contributed by atoms with Gasteiger partial charge in [-0.1, -0.05) is 155 Å². The lowest BCUT2D eigenvalue weighted by Gasteiger charge is -2.18. The second-order valence-electron chi connectivity index (χ2n) is 13.2. The zero-order valence-corrected chi connectivity index (χ0v) is 30.6. The van der Waals surface area contributed by atoms with Crippen molar-refractivity contribution in [1.29, 1.82) is 0 Å². The summed E-state index contributed by atoms with van der Waals surface area (Å²) in [6.07, 6.45) is 35.1. The molecule has 0 radical (unpaired) electrons. The van der Waals surface area contributed by atoms with Crippen LogP contribution in [0.1, 0.15) is 207 Å². The molecule has 0 aliphatic rings. The second kappa shape index (κ2) is 36.0. The molecule has 6 nitrogen and oxygen atoms in total. The van der Waals surface area contributed by atoms with Crippen molar-refractivity contribution in [3.63, 3.8) is 0 Å². The Bertz CT molecular complexity index is 719. The maximum atomic E-state index is 12.5. The van der Waals surface area contributed by atoms with Crippen LogP contribution in [-0.2, 0) is 28.6 Å². The SMILES string of the molecule is CCCCCCCC/C=C\CCCCCCCC(=O)OCC(COC(=O)CCCCCCC)OC(=O)CCCCCCCCCC. The zero-order chi connectivity index (χ0) is 33.8. The predicted molar refractivity (Wildman–Crippen MR) is 192 cm³/mol. The average Bonchev–Trinajstić information content (AvgIpc) is 3.05. The number of hydrogen-bond acceptors (Lipinski definition) is 6. The number of carbonyl (C=O) groups excluding carboxylic acids is 3. The van der Waals surface area contributed by atoms with Crippen LogP contribution in [0.3, 0.4) is 0 Å². The first kappa shape index (κ1) is 44.1. The molecule has 0 aromatic rings. The van der Waals surface area contributed by atoms with E-state index in [4.69, 9.17) is 14.2 Å². The summed E-state index contributed by atoms with van der Waals surface area (Å²) < 4.78 is 16.5. The number of carbonyl (C=O) groups is 3. The first-order chi connectivity index (χ1) is 22.5. The van der Waals surface area contributed by atoms with Gasteiger partial charge in [-0.3, -0.25) is 14.4 Å². The minimum atomic E-state index is -0.761. The van der Waals surface area contributed by atoms with Crippen molar-refractivity contribution in [2.75, 3.05) is 13.2 Å². The van der Waals surface area contributed by atoms with Gasteiger partial charge in [-0.25, -0.2) is 0 Å². The molecule has 6 heteroatoms. The molecule has 0 bridgehead atoms. The summed E-state index contributed by atoms with van der Waals surface area (Å²) in [6, 6.07) is 0. The van der Waals surface area contributed by atoms with Crippen LogP contribution in [0.15, 0.2) is 12.2 Å². The van der Waals surface area contributed by atoms with Gasteiger partial charge in [0, 0.05) is 19.3 Å². The van der Waals surface area contributed by atoms with E-state index in [1.165, 1.54) is 96.3 Å². The Morgan fingerprint density at radius 2 is 0.717 bits per heavy atom. The van der Waals surface area contributed by atoms with Crippen LogP contribution < -0.4 is 0 Å². The van der Waals surface area contributed by atoms with E-state index in [-0.39, 0.29) is 31.1 Å². The third-order valence-corrected chi connectivity index (χ3v) is 8.52. The fourth-order valence-corrected chi connectivity index (χ4v) is 5.49. The summed E-state index contributed by atoms with van der Waals surface area (Å²) in [5.41, 5.74) is 0. The van der Waals surface area contributed by atoms with E-state index in [0.717, 1.165) is 70.6 Å². The van der Waals surface area contributed by atoms with Gasteiger partial charge in [0.25, 0.3) is 0 Å². The average molecular weight is 651 g/mol. The Balaban J connectivity index is 4.22. The maximum absolute atomic E-state index is 12.5. The molecular formula is C40H74O6. The summed E-state index contributed by atoms with van der Waals surface area (Å²) in [6.45, 7) is 6.49. The molecule has 0 aliphatic heterocycles. The highest BCUT2D eigenvalue weighted by atomic mass is 16.6. The van der Waals surface area contributed by atoms with Gasteiger partial charge in [0.2, 0.25) is 0 Å². The summed E-state index contributed by atoms with van der Waals surface area (Å²) in [4.78, 5) is 37.1. The van der Waals surface area contributed by atoms with E-state index >= 15 is 0 Å². The molecule has 0 aliphatic carbocycles. The molecule has 0 amide bonds. The molecule has 0 fully saturated rings. The quantitative estimate of drug-likeness (QED) is 0.0294. The molecule has 1 unspecified atom stereocenters. The molecule has 1 atom stereocenters. The van der Waals surface area contributed by atoms with Crippen molar-refractivity contribution in [2.45, 2.75) is 213 Å². The molecule has 270 valence electrons. The molecule has 0 heterocycles. The van der Waals surface area contributed by atoms with Gasteiger partial charge >= 0.3 is 17.9 Å². The highest BCUT2D eigenvalue weighted by Crippen LogP contribution is 2.13. The number of unbranched alkanes of at least 4 members (excludes halogenated alkanes) is 22. The van der Waals surface area contributed by atoms with Crippen molar-refractivity contribution >= 4 is 17.9 Å². The van der Waals surface area contributed by atoms with E-state index in [1.807, 2.05) is 0 Å². The highest BCUT2D eigenvalue weighted by Gasteiger charge is 2.19. The number of allylic oxidation sites excluding steroid dienone is 2. The van der Waals surface area contributed by atoms with E-state index < -0.39 is 6.10 Å². The number of ether oxygens (including phenoxy) is 3. The molecule has 0 N–H and O–H groups in total. The Morgan fingerprint density at radius 1 is 0.413 bits per heavy atom. The summed E-state index contributed by atoms with van der Waals surface area (Å²) in [5, 5.41) is 0. The van der Waals surface area contributed by atoms with Gasteiger partial charge in [0.05, 0.1) is 0 Å². The van der Waals surface area contributed by atoms with Gasteiger partial charge in [-0.05, 0) is 44.9 Å². The van der Waals surface area contributed by atoms with Crippen LogP contribution >= 0.6 is 0 Å². The Labute approximate surface area is 284 Å². The molecule has 0 saturated heterocycles. The van der Waals surface area contributed by atoms with Crippen molar-refractivity contribution in [3.05, 3.63) is 12.2 Å². The maximum Gasteiger partial charge on any atom is 0.306 e. The predicted octanol–water partition coefficient (Wildman–Crippen LogP) is 11.9. The van der Waals surface area contributed by atoms with Gasteiger partial charge in [-0.2, -0.15) is 0 Å². The molecule has 0 aromatic heterocycles. The number of rotatable bonds is 35. The van der Waals surface area contributed by atoms with Crippen molar-refractivity contribution in [2.24, 2.45) is 0 Å². The van der Waals surface area contributed by atoms with Crippen molar-refractivity contribution in [1.82, 2.24) is 0 Å². The lowest BCUT2D eigenvalue weighted by Crippen LogP contribution is -2.30. The first-order valence-corrected chi connectivity index (χ1v) is 19.7. The van der Waals surface area contributed by atoms with Gasteiger partial charge < -0.3 is 14.2 Å². The Hall–Kier alpha value is -1.85. The minimum Gasteiger partial charge on any atom is -0.462 e. The van der Waals surface area contributed by atoms with Crippen LogP contribution in [-0.4, -0.2) is 37.2 Å². The number of hydrogen-bond donors (Lipinski definition) is 0. The van der Waals surface area contributed by atoms with E-state index in [1.54, 1.807) is 0 Å². The largest absolute Gasteiger partial charge is 0.462 e. The van der Waals surface area contributed by atoms with E-state index in [2.05, 4.69) is 32.9 Å².